The number of amides is 3. The molecule has 1 aliphatic rings. The number of carbonyl (C=O) groups excluding carboxylic acids is 3. The molecule has 0 spiro atoms. The molecule has 23 heavy (non-hydrogen) atoms. The van der Waals surface area contributed by atoms with Crippen molar-refractivity contribution in [2.45, 2.75) is 33.1 Å². The van der Waals surface area contributed by atoms with Gasteiger partial charge in [0.2, 0.25) is 5.91 Å². The third kappa shape index (κ3) is 3.88. The Morgan fingerprint density at radius 1 is 1.26 bits per heavy atom. The Morgan fingerprint density at radius 2 is 1.91 bits per heavy atom. The van der Waals surface area contributed by atoms with Gasteiger partial charge in [-0.05, 0) is 37.3 Å². The highest BCUT2D eigenvalue weighted by Gasteiger charge is 2.29. The van der Waals surface area contributed by atoms with Crippen molar-refractivity contribution < 1.29 is 14.4 Å². The molecule has 2 rings (SSSR count). The first-order valence-electron chi connectivity index (χ1n) is 7.92. The molecule has 0 radical (unpaired) electrons. The van der Waals surface area contributed by atoms with Gasteiger partial charge in [-0.3, -0.25) is 14.4 Å². The van der Waals surface area contributed by atoms with Gasteiger partial charge < -0.3 is 16.0 Å². The predicted octanol–water partition coefficient (Wildman–Crippen LogP) is 1.22. The number of rotatable bonds is 3. The summed E-state index contributed by atoms with van der Waals surface area (Å²) in [6.07, 6.45) is 1.80. The minimum absolute atomic E-state index is 0.204. The molecule has 0 saturated carbocycles. The van der Waals surface area contributed by atoms with Crippen LogP contribution in [-0.2, 0) is 20.8 Å². The zero-order valence-corrected chi connectivity index (χ0v) is 13.6. The molecule has 1 aromatic rings. The molecule has 0 bridgehead atoms. The third-order valence-electron chi connectivity index (χ3n) is 4.36. The van der Waals surface area contributed by atoms with Gasteiger partial charge in [-0.2, -0.15) is 0 Å². The first-order valence-corrected chi connectivity index (χ1v) is 7.92. The summed E-state index contributed by atoms with van der Waals surface area (Å²) in [6.45, 7) is 4.67. The molecular formula is C17H23N3O3. The average molecular weight is 317 g/mol. The molecule has 1 heterocycles. The Morgan fingerprint density at radius 3 is 2.48 bits per heavy atom. The summed E-state index contributed by atoms with van der Waals surface area (Å²) < 4.78 is 0. The number of hydrogen-bond donors (Lipinski definition) is 2. The van der Waals surface area contributed by atoms with Crippen LogP contribution in [0, 0.1) is 12.8 Å². The van der Waals surface area contributed by atoms with Gasteiger partial charge in [-0.1, -0.05) is 25.1 Å². The van der Waals surface area contributed by atoms with Crippen molar-refractivity contribution in [1.82, 2.24) is 4.90 Å². The number of nitrogens with two attached hydrogens (primary N) is 1. The van der Waals surface area contributed by atoms with Crippen molar-refractivity contribution in [3.05, 3.63) is 29.3 Å². The summed E-state index contributed by atoms with van der Waals surface area (Å²) in [7, 11) is 0. The summed E-state index contributed by atoms with van der Waals surface area (Å²) in [5.74, 6) is -1.73. The molecule has 1 fully saturated rings. The second kappa shape index (κ2) is 7.26. The average Bonchev–Trinajstić information content (AvgIpc) is 2.55. The Bertz CT molecular complexity index is 620. The van der Waals surface area contributed by atoms with E-state index in [1.807, 2.05) is 32.0 Å². The van der Waals surface area contributed by atoms with Gasteiger partial charge in [0.25, 0.3) is 0 Å². The van der Waals surface area contributed by atoms with Crippen molar-refractivity contribution >= 4 is 23.4 Å². The van der Waals surface area contributed by atoms with Crippen LogP contribution in [0.2, 0.25) is 0 Å². The van der Waals surface area contributed by atoms with E-state index in [0.29, 0.717) is 31.6 Å². The number of nitrogens with zero attached hydrogens (tertiary/aromatic N) is 1. The number of piperidine rings is 1. The van der Waals surface area contributed by atoms with Gasteiger partial charge in [0, 0.05) is 24.7 Å². The van der Waals surface area contributed by atoms with Crippen LogP contribution < -0.4 is 11.1 Å². The highest BCUT2D eigenvalue weighted by atomic mass is 16.2. The van der Waals surface area contributed by atoms with Crippen LogP contribution in [0.4, 0.5) is 5.69 Å². The van der Waals surface area contributed by atoms with E-state index in [4.69, 9.17) is 5.73 Å². The Labute approximate surface area is 136 Å². The zero-order valence-electron chi connectivity index (χ0n) is 13.6. The van der Waals surface area contributed by atoms with Crippen molar-refractivity contribution in [2.75, 3.05) is 18.4 Å². The Balaban J connectivity index is 2.02. The van der Waals surface area contributed by atoms with Gasteiger partial charge in [-0.25, -0.2) is 0 Å². The number of aryl methyl sites for hydroxylation is 2. The smallest absolute Gasteiger partial charge is 0.313 e. The second-order valence-corrected chi connectivity index (χ2v) is 5.89. The zero-order chi connectivity index (χ0) is 17.0. The minimum Gasteiger partial charge on any atom is -0.369 e. The monoisotopic (exact) mass is 317 g/mol. The van der Waals surface area contributed by atoms with Crippen LogP contribution in [0.3, 0.4) is 0 Å². The van der Waals surface area contributed by atoms with E-state index in [0.717, 1.165) is 17.5 Å². The maximum atomic E-state index is 12.3. The summed E-state index contributed by atoms with van der Waals surface area (Å²) in [6, 6.07) is 5.77. The molecule has 3 N–H and O–H groups in total. The van der Waals surface area contributed by atoms with Gasteiger partial charge in [0.1, 0.15) is 0 Å². The van der Waals surface area contributed by atoms with Crippen LogP contribution in [0.5, 0.6) is 0 Å². The van der Waals surface area contributed by atoms with Crippen molar-refractivity contribution in [2.24, 2.45) is 11.7 Å². The largest absolute Gasteiger partial charge is 0.369 e. The lowest BCUT2D eigenvalue weighted by molar-refractivity contribution is -0.144. The van der Waals surface area contributed by atoms with Gasteiger partial charge in [-0.15, -0.1) is 0 Å². The fourth-order valence-corrected chi connectivity index (χ4v) is 2.88. The Hall–Kier alpha value is -2.37. The molecule has 1 saturated heterocycles. The lowest BCUT2D eigenvalue weighted by atomic mass is 9.96. The van der Waals surface area contributed by atoms with Crippen LogP contribution >= 0.6 is 0 Å². The van der Waals surface area contributed by atoms with E-state index in [1.165, 1.54) is 4.90 Å². The van der Waals surface area contributed by atoms with Gasteiger partial charge in [0.15, 0.2) is 0 Å². The van der Waals surface area contributed by atoms with Crippen molar-refractivity contribution in [3.63, 3.8) is 0 Å². The second-order valence-electron chi connectivity index (χ2n) is 5.89. The maximum absolute atomic E-state index is 12.3. The molecule has 0 atom stereocenters. The fraction of sp³-hybridized carbons (Fsp3) is 0.471. The van der Waals surface area contributed by atoms with E-state index in [-0.39, 0.29) is 11.8 Å². The number of anilines is 1. The van der Waals surface area contributed by atoms with Crippen LogP contribution in [0.25, 0.3) is 0 Å². The standard InChI is InChI=1S/C17H23N3O3/c1-3-12-6-4-5-11(2)14(12)19-16(22)17(23)20-9-7-13(8-10-20)15(18)21/h4-6,13H,3,7-10H2,1-2H3,(H2,18,21)(H,19,22). The molecule has 6 nitrogen and oxygen atoms in total. The van der Waals surface area contributed by atoms with Crippen LogP contribution in [0.15, 0.2) is 18.2 Å². The van der Waals surface area contributed by atoms with E-state index in [9.17, 15) is 14.4 Å². The number of likely N-dealkylation sites (tertiary alicyclic amines) is 1. The molecule has 124 valence electrons. The lowest BCUT2D eigenvalue weighted by Crippen LogP contribution is -2.46. The normalized spacial score (nSPS) is 15.3. The number of primary amides is 1. The summed E-state index contributed by atoms with van der Waals surface area (Å²) in [5, 5.41) is 2.74. The fourth-order valence-electron chi connectivity index (χ4n) is 2.88. The van der Waals surface area contributed by atoms with E-state index < -0.39 is 11.8 Å². The number of carbonyl (C=O) groups is 3. The SMILES string of the molecule is CCc1cccc(C)c1NC(=O)C(=O)N1CCC(C(N)=O)CC1. The lowest BCUT2D eigenvalue weighted by Gasteiger charge is -2.30. The number of para-hydroxylation sites is 1. The highest BCUT2D eigenvalue weighted by Crippen LogP contribution is 2.22. The van der Waals surface area contributed by atoms with Gasteiger partial charge in [0.05, 0.1) is 0 Å². The van der Waals surface area contributed by atoms with E-state index in [1.54, 1.807) is 0 Å². The quantitative estimate of drug-likeness (QED) is 0.821. The topological polar surface area (TPSA) is 92.5 Å². The first-order chi connectivity index (χ1) is 10.9. The van der Waals surface area contributed by atoms with Crippen LogP contribution in [0.1, 0.15) is 30.9 Å². The molecule has 1 aromatic carbocycles. The molecule has 0 aliphatic carbocycles. The van der Waals surface area contributed by atoms with Crippen LogP contribution in [-0.4, -0.2) is 35.7 Å². The predicted molar refractivity (Wildman–Crippen MR) is 87.7 cm³/mol. The Kier molecular flexibility index (Phi) is 5.36. The molecule has 1 aliphatic heterocycles. The summed E-state index contributed by atoms with van der Waals surface area (Å²) in [5.41, 5.74) is 7.91. The van der Waals surface area contributed by atoms with Gasteiger partial charge >= 0.3 is 11.8 Å². The molecule has 0 unspecified atom stereocenters. The summed E-state index contributed by atoms with van der Waals surface area (Å²) in [4.78, 5) is 37.2. The third-order valence-corrected chi connectivity index (χ3v) is 4.36. The number of nitrogens with one attached hydrogen (secondary N) is 1. The summed E-state index contributed by atoms with van der Waals surface area (Å²) >= 11 is 0. The number of benzene rings is 1. The first kappa shape index (κ1) is 17.0. The van der Waals surface area contributed by atoms with Crippen molar-refractivity contribution in [1.29, 1.82) is 0 Å². The number of hydrogen-bond acceptors (Lipinski definition) is 3. The maximum Gasteiger partial charge on any atom is 0.313 e. The minimum atomic E-state index is -0.633. The molecule has 6 heteroatoms. The van der Waals surface area contributed by atoms with E-state index in [2.05, 4.69) is 5.32 Å². The molecule has 3 amide bonds. The molecule has 0 aromatic heterocycles. The van der Waals surface area contributed by atoms with Crippen molar-refractivity contribution in [3.8, 4) is 0 Å². The van der Waals surface area contributed by atoms with E-state index >= 15 is 0 Å². The molecular weight excluding hydrogens is 294 g/mol. The highest BCUT2D eigenvalue weighted by molar-refractivity contribution is 6.39.